The number of nitrogens with one attached hydrogen (secondary N) is 1. The summed E-state index contributed by atoms with van der Waals surface area (Å²) in [7, 11) is 0. The maximum atomic E-state index is 13.8. The molecule has 6 heteroatoms. The molecule has 0 unspecified atom stereocenters. The van der Waals surface area contributed by atoms with Crippen molar-refractivity contribution in [2.75, 3.05) is 6.79 Å². The van der Waals surface area contributed by atoms with Crippen LogP contribution in [0.3, 0.4) is 0 Å². The average molecular weight is 402 g/mol. The van der Waals surface area contributed by atoms with Gasteiger partial charge in [0.2, 0.25) is 6.79 Å². The summed E-state index contributed by atoms with van der Waals surface area (Å²) in [6.07, 6.45) is 0. The Morgan fingerprint density at radius 1 is 0.857 bits per heavy atom. The minimum atomic E-state index is -0.254. The van der Waals surface area contributed by atoms with Crippen LogP contribution in [-0.2, 0) is 19.7 Å². The van der Waals surface area contributed by atoms with Crippen molar-refractivity contribution in [2.24, 2.45) is 0 Å². The molecule has 1 aliphatic rings. The van der Waals surface area contributed by atoms with Crippen molar-refractivity contribution >= 4 is 12.4 Å². The highest BCUT2D eigenvalue weighted by Gasteiger charge is 2.13. The summed E-state index contributed by atoms with van der Waals surface area (Å²) in [6.45, 7) is 1.81. The van der Waals surface area contributed by atoms with Gasteiger partial charge in [-0.2, -0.15) is 0 Å². The van der Waals surface area contributed by atoms with E-state index < -0.39 is 0 Å². The second-order valence-electron chi connectivity index (χ2n) is 6.28. The number of hydrogen-bond acceptors (Lipinski definition) is 4. The van der Waals surface area contributed by atoms with Crippen LogP contribution in [0.5, 0.6) is 17.2 Å². The molecule has 3 aromatic carbocycles. The molecule has 0 atom stereocenters. The van der Waals surface area contributed by atoms with Gasteiger partial charge in [-0.1, -0.05) is 42.5 Å². The Morgan fingerprint density at radius 2 is 1.61 bits per heavy atom. The second-order valence-corrected chi connectivity index (χ2v) is 6.28. The summed E-state index contributed by atoms with van der Waals surface area (Å²) in [4.78, 5) is 0. The summed E-state index contributed by atoms with van der Waals surface area (Å²) in [6, 6.07) is 20.4. The molecule has 3 aromatic rings. The Kier molecular flexibility index (Phi) is 6.74. The van der Waals surface area contributed by atoms with Crippen LogP contribution in [0.2, 0.25) is 0 Å². The predicted molar refractivity (Wildman–Crippen MR) is 108 cm³/mol. The molecule has 0 bridgehead atoms. The van der Waals surface area contributed by atoms with E-state index >= 15 is 0 Å². The Bertz CT molecular complexity index is 935. The number of fused-ring (bicyclic) bond motifs is 1. The maximum absolute atomic E-state index is 13.8. The molecule has 146 valence electrons. The largest absolute Gasteiger partial charge is 0.488 e. The highest BCUT2D eigenvalue weighted by atomic mass is 35.5. The standard InChI is InChI=1S/C22H20FNO3.ClH/c23-19-7-3-1-6-18(19)14-25-20-8-4-2-5-17(20)13-24-12-16-9-10-21-22(11-16)27-15-26-21;/h1-11,24H,12-15H2;1H. The molecule has 4 nitrogen and oxygen atoms in total. The number of rotatable bonds is 7. The van der Waals surface area contributed by atoms with Crippen LogP contribution in [0.1, 0.15) is 16.7 Å². The van der Waals surface area contributed by atoms with Gasteiger partial charge in [-0.3, -0.25) is 0 Å². The average Bonchev–Trinajstić information content (AvgIpc) is 3.16. The van der Waals surface area contributed by atoms with E-state index in [0.29, 0.717) is 18.7 Å². The molecular formula is C22H21ClFNO3. The molecule has 0 aromatic heterocycles. The molecule has 0 saturated carbocycles. The summed E-state index contributed by atoms with van der Waals surface area (Å²) in [5, 5.41) is 3.41. The number of benzene rings is 3. The highest BCUT2D eigenvalue weighted by Crippen LogP contribution is 2.32. The quantitative estimate of drug-likeness (QED) is 0.614. The van der Waals surface area contributed by atoms with Gasteiger partial charge in [0.15, 0.2) is 11.5 Å². The topological polar surface area (TPSA) is 39.7 Å². The fraction of sp³-hybridized carbons (Fsp3) is 0.182. The first kappa shape index (κ1) is 20.0. The van der Waals surface area contributed by atoms with Gasteiger partial charge in [-0.25, -0.2) is 4.39 Å². The van der Waals surface area contributed by atoms with Crippen LogP contribution >= 0.6 is 12.4 Å². The minimum absolute atomic E-state index is 0. The first-order valence-electron chi connectivity index (χ1n) is 8.83. The molecular weight excluding hydrogens is 381 g/mol. The third kappa shape index (κ3) is 4.74. The number of ether oxygens (including phenoxy) is 3. The van der Waals surface area contributed by atoms with Gasteiger partial charge in [0.05, 0.1) is 0 Å². The first-order chi connectivity index (χ1) is 13.3. The van der Waals surface area contributed by atoms with Crippen LogP contribution in [0.15, 0.2) is 66.7 Å². The van der Waals surface area contributed by atoms with Crippen LogP contribution in [0, 0.1) is 5.82 Å². The lowest BCUT2D eigenvalue weighted by Gasteiger charge is -2.13. The molecule has 0 radical (unpaired) electrons. The minimum Gasteiger partial charge on any atom is -0.488 e. The number of para-hydroxylation sites is 1. The molecule has 0 amide bonds. The molecule has 1 N–H and O–H groups in total. The van der Waals surface area contributed by atoms with Gasteiger partial charge in [-0.05, 0) is 29.8 Å². The van der Waals surface area contributed by atoms with Crippen molar-refractivity contribution in [1.82, 2.24) is 5.32 Å². The third-order valence-corrected chi connectivity index (χ3v) is 4.40. The van der Waals surface area contributed by atoms with Gasteiger partial charge >= 0.3 is 0 Å². The maximum Gasteiger partial charge on any atom is 0.231 e. The molecule has 0 aliphatic carbocycles. The smallest absolute Gasteiger partial charge is 0.231 e. The van der Waals surface area contributed by atoms with E-state index in [4.69, 9.17) is 14.2 Å². The summed E-state index contributed by atoms with van der Waals surface area (Å²) >= 11 is 0. The molecule has 1 heterocycles. The normalized spacial score (nSPS) is 11.8. The summed E-state index contributed by atoms with van der Waals surface area (Å²) in [5.74, 6) is 2.06. The van der Waals surface area contributed by atoms with Crippen LogP contribution in [0.4, 0.5) is 4.39 Å². The Hall–Kier alpha value is -2.76. The van der Waals surface area contributed by atoms with Crippen molar-refractivity contribution in [1.29, 1.82) is 0 Å². The first-order valence-corrected chi connectivity index (χ1v) is 8.83. The van der Waals surface area contributed by atoms with Crippen LogP contribution < -0.4 is 19.5 Å². The van der Waals surface area contributed by atoms with Crippen molar-refractivity contribution in [3.8, 4) is 17.2 Å². The zero-order chi connectivity index (χ0) is 18.5. The van der Waals surface area contributed by atoms with E-state index in [-0.39, 0.29) is 31.6 Å². The molecule has 1 aliphatic heterocycles. The molecule has 28 heavy (non-hydrogen) atoms. The van der Waals surface area contributed by atoms with Crippen molar-refractivity contribution in [3.63, 3.8) is 0 Å². The Morgan fingerprint density at radius 3 is 2.46 bits per heavy atom. The van der Waals surface area contributed by atoms with E-state index in [2.05, 4.69) is 5.32 Å². The van der Waals surface area contributed by atoms with E-state index in [0.717, 1.165) is 28.4 Å². The van der Waals surface area contributed by atoms with Crippen LogP contribution in [-0.4, -0.2) is 6.79 Å². The van der Waals surface area contributed by atoms with E-state index in [1.54, 1.807) is 18.2 Å². The van der Waals surface area contributed by atoms with E-state index in [1.165, 1.54) is 6.07 Å². The van der Waals surface area contributed by atoms with Crippen molar-refractivity contribution < 1.29 is 18.6 Å². The Labute approximate surface area is 169 Å². The molecule has 0 fully saturated rings. The lowest BCUT2D eigenvalue weighted by Crippen LogP contribution is -2.13. The lowest BCUT2D eigenvalue weighted by molar-refractivity contribution is 0.174. The lowest BCUT2D eigenvalue weighted by atomic mass is 10.1. The van der Waals surface area contributed by atoms with Crippen molar-refractivity contribution in [2.45, 2.75) is 19.7 Å². The summed E-state index contributed by atoms with van der Waals surface area (Å²) < 4.78 is 30.4. The molecule has 0 spiro atoms. The second kappa shape index (κ2) is 9.44. The summed E-state index contributed by atoms with van der Waals surface area (Å²) in [5.41, 5.74) is 2.68. The van der Waals surface area contributed by atoms with Gasteiger partial charge in [0, 0.05) is 24.2 Å². The Balaban J connectivity index is 0.00000225. The van der Waals surface area contributed by atoms with Gasteiger partial charge in [0.1, 0.15) is 18.2 Å². The van der Waals surface area contributed by atoms with Crippen molar-refractivity contribution in [3.05, 3.63) is 89.2 Å². The zero-order valence-electron chi connectivity index (χ0n) is 15.2. The number of hydrogen-bond donors (Lipinski definition) is 1. The monoisotopic (exact) mass is 401 g/mol. The van der Waals surface area contributed by atoms with Gasteiger partial charge < -0.3 is 19.5 Å². The fourth-order valence-corrected chi connectivity index (χ4v) is 2.95. The van der Waals surface area contributed by atoms with Gasteiger partial charge in [0.25, 0.3) is 0 Å². The highest BCUT2D eigenvalue weighted by molar-refractivity contribution is 5.85. The van der Waals surface area contributed by atoms with E-state index in [1.807, 2.05) is 42.5 Å². The third-order valence-electron chi connectivity index (χ3n) is 4.40. The zero-order valence-corrected chi connectivity index (χ0v) is 16.0. The molecule has 0 saturated heterocycles. The predicted octanol–water partition coefficient (Wildman–Crippen LogP) is 4.85. The SMILES string of the molecule is Cl.Fc1ccccc1COc1ccccc1CNCc1ccc2c(c1)OCO2. The van der Waals surface area contributed by atoms with E-state index in [9.17, 15) is 4.39 Å². The van der Waals surface area contributed by atoms with Gasteiger partial charge in [-0.15, -0.1) is 12.4 Å². The molecule has 4 rings (SSSR count). The number of halogens is 2. The fourth-order valence-electron chi connectivity index (χ4n) is 2.95. The van der Waals surface area contributed by atoms with Crippen LogP contribution in [0.25, 0.3) is 0 Å².